The normalized spacial score (nSPS) is 32.3. The fourth-order valence-electron chi connectivity index (χ4n) is 1.95. The summed E-state index contributed by atoms with van der Waals surface area (Å²) in [6.07, 6.45) is 2.21. The number of aliphatic hydroxyl groups excluding tert-OH is 1. The van der Waals surface area contributed by atoms with Crippen molar-refractivity contribution in [3.05, 3.63) is 0 Å². The SMILES string of the molecule is CC[C@H](CO)NC1CC(C)N(C)C1. The maximum atomic E-state index is 9.04. The molecule has 0 aromatic heterocycles. The predicted octanol–water partition coefficient (Wildman–Crippen LogP) is 0.440. The monoisotopic (exact) mass is 186 g/mol. The van der Waals surface area contributed by atoms with E-state index in [1.54, 1.807) is 0 Å². The van der Waals surface area contributed by atoms with Crippen molar-refractivity contribution in [1.29, 1.82) is 0 Å². The van der Waals surface area contributed by atoms with Gasteiger partial charge in [0.15, 0.2) is 0 Å². The number of aliphatic hydroxyl groups is 1. The van der Waals surface area contributed by atoms with Crippen LogP contribution in [0.4, 0.5) is 0 Å². The van der Waals surface area contributed by atoms with Crippen LogP contribution in [-0.4, -0.2) is 48.3 Å². The second kappa shape index (κ2) is 4.94. The molecular weight excluding hydrogens is 164 g/mol. The minimum Gasteiger partial charge on any atom is -0.395 e. The van der Waals surface area contributed by atoms with Crippen molar-refractivity contribution in [1.82, 2.24) is 10.2 Å². The first-order chi connectivity index (χ1) is 6.17. The van der Waals surface area contributed by atoms with Gasteiger partial charge in [-0.05, 0) is 26.8 Å². The van der Waals surface area contributed by atoms with Gasteiger partial charge in [-0.3, -0.25) is 0 Å². The van der Waals surface area contributed by atoms with Gasteiger partial charge in [-0.1, -0.05) is 6.92 Å². The van der Waals surface area contributed by atoms with Crippen molar-refractivity contribution in [2.45, 2.75) is 44.8 Å². The molecule has 0 aromatic carbocycles. The van der Waals surface area contributed by atoms with Gasteiger partial charge in [-0.2, -0.15) is 0 Å². The molecular formula is C10H22N2O. The lowest BCUT2D eigenvalue weighted by Crippen LogP contribution is -2.41. The molecule has 0 saturated carbocycles. The van der Waals surface area contributed by atoms with E-state index >= 15 is 0 Å². The summed E-state index contributed by atoms with van der Waals surface area (Å²) >= 11 is 0. The fourth-order valence-corrected chi connectivity index (χ4v) is 1.95. The number of likely N-dealkylation sites (N-methyl/N-ethyl adjacent to an activating group) is 1. The Morgan fingerprint density at radius 3 is 2.69 bits per heavy atom. The molecule has 1 aliphatic heterocycles. The summed E-state index contributed by atoms with van der Waals surface area (Å²) in [5, 5.41) is 12.5. The first-order valence-electron chi connectivity index (χ1n) is 5.24. The predicted molar refractivity (Wildman–Crippen MR) is 54.8 cm³/mol. The summed E-state index contributed by atoms with van der Waals surface area (Å²) in [5.74, 6) is 0. The lowest BCUT2D eigenvalue weighted by atomic mass is 10.1. The molecule has 0 radical (unpaired) electrons. The third-order valence-electron chi connectivity index (χ3n) is 3.07. The van der Waals surface area contributed by atoms with Crippen LogP contribution in [0.2, 0.25) is 0 Å². The summed E-state index contributed by atoms with van der Waals surface area (Å²) < 4.78 is 0. The standard InChI is InChI=1S/C10H22N2O/c1-4-9(7-13)11-10-5-8(2)12(3)6-10/h8-11,13H,4-7H2,1-3H3/t8?,9-,10?/m1/s1. The number of nitrogens with zero attached hydrogens (tertiary/aromatic N) is 1. The molecule has 1 rings (SSSR count). The maximum absolute atomic E-state index is 9.04. The molecule has 0 amide bonds. The molecule has 0 aromatic rings. The van der Waals surface area contributed by atoms with E-state index in [4.69, 9.17) is 5.11 Å². The molecule has 0 aliphatic carbocycles. The highest BCUT2D eigenvalue weighted by atomic mass is 16.3. The zero-order valence-corrected chi connectivity index (χ0v) is 8.95. The van der Waals surface area contributed by atoms with Crippen LogP contribution < -0.4 is 5.32 Å². The van der Waals surface area contributed by atoms with E-state index in [0.29, 0.717) is 12.1 Å². The van der Waals surface area contributed by atoms with Gasteiger partial charge in [-0.15, -0.1) is 0 Å². The van der Waals surface area contributed by atoms with Gasteiger partial charge in [0.2, 0.25) is 0 Å². The molecule has 3 atom stereocenters. The van der Waals surface area contributed by atoms with E-state index in [2.05, 4.69) is 31.1 Å². The number of hydrogen-bond donors (Lipinski definition) is 2. The van der Waals surface area contributed by atoms with Crippen molar-refractivity contribution in [2.24, 2.45) is 0 Å². The van der Waals surface area contributed by atoms with Crippen molar-refractivity contribution in [2.75, 3.05) is 20.2 Å². The Bertz CT molecular complexity index is 138. The van der Waals surface area contributed by atoms with Crippen LogP contribution in [0.3, 0.4) is 0 Å². The van der Waals surface area contributed by atoms with Gasteiger partial charge in [0.1, 0.15) is 0 Å². The van der Waals surface area contributed by atoms with Crippen LogP contribution in [0.1, 0.15) is 26.7 Å². The van der Waals surface area contributed by atoms with Crippen molar-refractivity contribution >= 4 is 0 Å². The molecule has 78 valence electrons. The van der Waals surface area contributed by atoms with E-state index in [0.717, 1.165) is 13.0 Å². The van der Waals surface area contributed by atoms with Crippen LogP contribution in [0.5, 0.6) is 0 Å². The second-order valence-corrected chi connectivity index (χ2v) is 4.18. The molecule has 3 heteroatoms. The minimum atomic E-state index is 0.255. The average molecular weight is 186 g/mol. The van der Waals surface area contributed by atoms with Gasteiger partial charge in [0.05, 0.1) is 6.61 Å². The maximum Gasteiger partial charge on any atom is 0.0584 e. The van der Waals surface area contributed by atoms with E-state index < -0.39 is 0 Å². The first-order valence-corrected chi connectivity index (χ1v) is 5.24. The highest BCUT2D eigenvalue weighted by molar-refractivity contribution is 4.86. The summed E-state index contributed by atoms with van der Waals surface area (Å²) in [7, 11) is 2.16. The summed E-state index contributed by atoms with van der Waals surface area (Å²) in [6, 6.07) is 1.52. The number of hydrogen-bond acceptors (Lipinski definition) is 3. The van der Waals surface area contributed by atoms with Gasteiger partial charge in [0.25, 0.3) is 0 Å². The van der Waals surface area contributed by atoms with Crippen LogP contribution >= 0.6 is 0 Å². The van der Waals surface area contributed by atoms with Gasteiger partial charge >= 0.3 is 0 Å². The topological polar surface area (TPSA) is 35.5 Å². The summed E-state index contributed by atoms with van der Waals surface area (Å²) in [4.78, 5) is 2.36. The third kappa shape index (κ3) is 2.93. The van der Waals surface area contributed by atoms with Crippen molar-refractivity contribution in [3.63, 3.8) is 0 Å². The fraction of sp³-hybridized carbons (Fsp3) is 1.00. The van der Waals surface area contributed by atoms with E-state index in [-0.39, 0.29) is 12.6 Å². The van der Waals surface area contributed by atoms with Crippen LogP contribution in [0.15, 0.2) is 0 Å². The van der Waals surface area contributed by atoms with E-state index in [1.165, 1.54) is 6.42 Å². The van der Waals surface area contributed by atoms with E-state index in [1.807, 2.05) is 0 Å². The van der Waals surface area contributed by atoms with Crippen LogP contribution in [0.25, 0.3) is 0 Å². The third-order valence-corrected chi connectivity index (χ3v) is 3.07. The largest absolute Gasteiger partial charge is 0.395 e. The lowest BCUT2D eigenvalue weighted by molar-refractivity contribution is 0.227. The van der Waals surface area contributed by atoms with E-state index in [9.17, 15) is 0 Å². The van der Waals surface area contributed by atoms with Gasteiger partial charge in [0, 0.05) is 24.7 Å². The summed E-state index contributed by atoms with van der Waals surface area (Å²) in [6.45, 7) is 5.72. The zero-order chi connectivity index (χ0) is 9.84. The molecule has 1 fully saturated rings. The molecule has 0 spiro atoms. The molecule has 0 bridgehead atoms. The zero-order valence-electron chi connectivity index (χ0n) is 8.95. The molecule has 1 aliphatic rings. The Hall–Kier alpha value is -0.120. The number of likely N-dealkylation sites (tertiary alicyclic amines) is 1. The Balaban J connectivity index is 2.30. The Kier molecular flexibility index (Phi) is 4.16. The Labute approximate surface area is 81.1 Å². The molecule has 1 saturated heterocycles. The second-order valence-electron chi connectivity index (χ2n) is 4.18. The van der Waals surface area contributed by atoms with Crippen LogP contribution in [-0.2, 0) is 0 Å². The quantitative estimate of drug-likeness (QED) is 0.669. The highest BCUT2D eigenvalue weighted by Crippen LogP contribution is 2.15. The highest BCUT2D eigenvalue weighted by Gasteiger charge is 2.26. The Morgan fingerprint density at radius 2 is 2.31 bits per heavy atom. The molecule has 1 heterocycles. The van der Waals surface area contributed by atoms with Crippen molar-refractivity contribution < 1.29 is 5.11 Å². The minimum absolute atomic E-state index is 0.255. The molecule has 3 nitrogen and oxygen atoms in total. The van der Waals surface area contributed by atoms with Crippen LogP contribution in [0, 0.1) is 0 Å². The average Bonchev–Trinajstić information content (AvgIpc) is 2.42. The molecule has 2 N–H and O–H groups in total. The lowest BCUT2D eigenvalue weighted by Gasteiger charge is -2.19. The number of nitrogens with one attached hydrogen (secondary N) is 1. The van der Waals surface area contributed by atoms with Gasteiger partial charge in [-0.25, -0.2) is 0 Å². The molecule has 13 heavy (non-hydrogen) atoms. The Morgan fingerprint density at radius 1 is 1.62 bits per heavy atom. The number of rotatable bonds is 4. The van der Waals surface area contributed by atoms with Gasteiger partial charge < -0.3 is 15.3 Å². The van der Waals surface area contributed by atoms with Crippen molar-refractivity contribution in [3.8, 4) is 0 Å². The summed E-state index contributed by atoms with van der Waals surface area (Å²) in [5.41, 5.74) is 0. The first kappa shape index (κ1) is 11.0. The smallest absolute Gasteiger partial charge is 0.0584 e. The molecule has 2 unspecified atom stereocenters.